The lowest BCUT2D eigenvalue weighted by Gasteiger charge is -2.08. The minimum atomic E-state index is -0.733. The fourth-order valence-corrected chi connectivity index (χ4v) is 1.98. The van der Waals surface area contributed by atoms with Crippen molar-refractivity contribution in [3.63, 3.8) is 0 Å². The molecule has 0 amide bonds. The van der Waals surface area contributed by atoms with E-state index in [2.05, 4.69) is 0 Å². The van der Waals surface area contributed by atoms with Crippen molar-refractivity contribution >= 4 is 17.4 Å². The number of hydrogen-bond acceptors (Lipinski definition) is 1. The first-order valence-corrected chi connectivity index (χ1v) is 6.04. The van der Waals surface area contributed by atoms with Crippen LogP contribution in [0.4, 0.5) is 8.78 Å². The van der Waals surface area contributed by atoms with E-state index in [9.17, 15) is 13.6 Å². The zero-order valence-corrected chi connectivity index (χ0v) is 11.2. The van der Waals surface area contributed by atoms with Gasteiger partial charge in [0, 0.05) is 10.6 Å². The average molecular weight is 281 g/mol. The molecule has 0 bridgehead atoms. The van der Waals surface area contributed by atoms with Crippen molar-refractivity contribution in [2.24, 2.45) is 0 Å². The maximum absolute atomic E-state index is 13.8. The minimum Gasteiger partial charge on any atom is -0.288 e. The molecule has 98 valence electrons. The Labute approximate surface area is 114 Å². The van der Waals surface area contributed by atoms with E-state index in [4.69, 9.17) is 11.6 Å². The summed E-state index contributed by atoms with van der Waals surface area (Å²) in [4.78, 5) is 12.2. The molecule has 0 aliphatic heterocycles. The van der Waals surface area contributed by atoms with Gasteiger partial charge in [0.1, 0.15) is 11.6 Å². The van der Waals surface area contributed by atoms with Crippen LogP contribution in [-0.4, -0.2) is 5.78 Å². The number of hydrogen-bond donors (Lipinski definition) is 0. The molecule has 19 heavy (non-hydrogen) atoms. The Hall–Kier alpha value is -1.74. The van der Waals surface area contributed by atoms with Crippen LogP contribution in [0.15, 0.2) is 30.3 Å². The van der Waals surface area contributed by atoms with Crippen molar-refractivity contribution in [1.82, 2.24) is 0 Å². The van der Waals surface area contributed by atoms with Crippen molar-refractivity contribution in [2.45, 2.75) is 13.8 Å². The molecule has 2 aromatic rings. The van der Waals surface area contributed by atoms with E-state index in [1.165, 1.54) is 13.0 Å². The number of halogens is 3. The fourth-order valence-electron chi connectivity index (χ4n) is 1.80. The molecule has 0 unspecified atom stereocenters. The Morgan fingerprint density at radius 1 is 0.947 bits per heavy atom. The van der Waals surface area contributed by atoms with Gasteiger partial charge in [0.25, 0.3) is 0 Å². The van der Waals surface area contributed by atoms with Gasteiger partial charge in [0.05, 0.1) is 5.56 Å². The van der Waals surface area contributed by atoms with Crippen LogP contribution in [0, 0.1) is 25.5 Å². The van der Waals surface area contributed by atoms with Crippen molar-refractivity contribution in [3.05, 3.63) is 69.2 Å². The Balaban J connectivity index is 2.56. The molecule has 0 atom stereocenters. The van der Waals surface area contributed by atoms with Crippen LogP contribution in [0.3, 0.4) is 0 Å². The highest BCUT2D eigenvalue weighted by molar-refractivity contribution is 6.31. The normalized spacial score (nSPS) is 10.6. The summed E-state index contributed by atoms with van der Waals surface area (Å²) in [6.07, 6.45) is 0. The van der Waals surface area contributed by atoms with E-state index in [0.29, 0.717) is 10.6 Å². The summed E-state index contributed by atoms with van der Waals surface area (Å²) in [6, 6.07) is 6.70. The van der Waals surface area contributed by atoms with Gasteiger partial charge in [0.2, 0.25) is 0 Å². The highest BCUT2D eigenvalue weighted by atomic mass is 35.5. The molecule has 4 heteroatoms. The Morgan fingerprint density at radius 3 is 2.32 bits per heavy atom. The third kappa shape index (κ3) is 2.66. The van der Waals surface area contributed by atoms with Crippen LogP contribution in [0.1, 0.15) is 27.0 Å². The van der Waals surface area contributed by atoms with Gasteiger partial charge in [-0.15, -0.1) is 0 Å². The van der Waals surface area contributed by atoms with Crippen molar-refractivity contribution in [3.8, 4) is 0 Å². The van der Waals surface area contributed by atoms with E-state index in [-0.39, 0.29) is 16.7 Å². The number of carbonyl (C=O) groups is 1. The number of aryl methyl sites for hydroxylation is 2. The largest absolute Gasteiger partial charge is 0.288 e. The smallest absolute Gasteiger partial charge is 0.196 e. The molecule has 0 aliphatic rings. The lowest BCUT2D eigenvalue weighted by atomic mass is 9.98. The highest BCUT2D eigenvalue weighted by Gasteiger charge is 2.18. The lowest BCUT2D eigenvalue weighted by molar-refractivity contribution is 0.103. The Morgan fingerprint density at radius 2 is 1.63 bits per heavy atom. The van der Waals surface area contributed by atoms with E-state index < -0.39 is 17.4 Å². The first-order valence-electron chi connectivity index (χ1n) is 5.66. The van der Waals surface area contributed by atoms with Gasteiger partial charge in [-0.1, -0.05) is 17.7 Å². The summed E-state index contributed by atoms with van der Waals surface area (Å²) in [5.41, 5.74) is 0.815. The summed E-state index contributed by atoms with van der Waals surface area (Å²) >= 11 is 5.82. The SMILES string of the molecule is Cc1cc(F)c(C(=O)c2cc(Cl)ccc2C)cc1F. The van der Waals surface area contributed by atoms with Gasteiger partial charge in [-0.2, -0.15) is 0 Å². The number of rotatable bonds is 2. The molecule has 0 fully saturated rings. The zero-order chi connectivity index (χ0) is 14.2. The predicted molar refractivity (Wildman–Crippen MR) is 70.7 cm³/mol. The monoisotopic (exact) mass is 280 g/mol. The molecular formula is C15H11ClF2O. The molecule has 0 saturated heterocycles. The quantitative estimate of drug-likeness (QED) is 0.742. The van der Waals surface area contributed by atoms with Crippen LogP contribution < -0.4 is 0 Å². The summed E-state index contributed by atoms with van der Waals surface area (Å²) in [7, 11) is 0. The third-order valence-corrected chi connectivity index (χ3v) is 3.17. The zero-order valence-electron chi connectivity index (χ0n) is 10.4. The van der Waals surface area contributed by atoms with Gasteiger partial charge in [-0.05, 0) is 49.2 Å². The molecule has 1 nitrogen and oxygen atoms in total. The van der Waals surface area contributed by atoms with Gasteiger partial charge >= 0.3 is 0 Å². The van der Waals surface area contributed by atoms with Gasteiger partial charge < -0.3 is 0 Å². The van der Waals surface area contributed by atoms with Crippen molar-refractivity contribution < 1.29 is 13.6 Å². The highest BCUT2D eigenvalue weighted by Crippen LogP contribution is 2.22. The summed E-state index contributed by atoms with van der Waals surface area (Å²) < 4.78 is 27.2. The second-order valence-corrected chi connectivity index (χ2v) is 4.81. The number of ketones is 1. The molecule has 0 radical (unpaired) electrons. The van der Waals surface area contributed by atoms with Crippen LogP contribution in [0.2, 0.25) is 5.02 Å². The number of benzene rings is 2. The topological polar surface area (TPSA) is 17.1 Å². The fraction of sp³-hybridized carbons (Fsp3) is 0.133. The standard InChI is InChI=1S/C15H11ClF2O/c1-8-3-4-10(16)6-11(8)15(19)12-7-13(17)9(2)5-14(12)18/h3-7H,1-2H3. The first kappa shape index (κ1) is 13.7. The Bertz CT molecular complexity index is 665. The van der Waals surface area contributed by atoms with Crippen molar-refractivity contribution in [1.29, 1.82) is 0 Å². The lowest BCUT2D eigenvalue weighted by Crippen LogP contribution is -2.07. The maximum Gasteiger partial charge on any atom is 0.196 e. The van der Waals surface area contributed by atoms with Crippen LogP contribution in [-0.2, 0) is 0 Å². The maximum atomic E-state index is 13.8. The van der Waals surface area contributed by atoms with E-state index in [1.807, 2.05) is 0 Å². The van der Waals surface area contributed by atoms with Crippen LogP contribution in [0.5, 0.6) is 0 Å². The van der Waals surface area contributed by atoms with E-state index in [1.54, 1.807) is 19.1 Å². The molecule has 0 spiro atoms. The summed E-state index contributed by atoms with van der Waals surface area (Å²) in [5.74, 6) is -1.91. The van der Waals surface area contributed by atoms with Gasteiger partial charge in [0.15, 0.2) is 5.78 Å². The molecule has 0 aromatic heterocycles. The van der Waals surface area contributed by atoms with Crippen LogP contribution in [0.25, 0.3) is 0 Å². The van der Waals surface area contributed by atoms with E-state index >= 15 is 0 Å². The van der Waals surface area contributed by atoms with E-state index in [0.717, 1.165) is 12.1 Å². The molecule has 0 aliphatic carbocycles. The second-order valence-electron chi connectivity index (χ2n) is 4.37. The molecule has 2 aromatic carbocycles. The molecule has 0 heterocycles. The Kier molecular flexibility index (Phi) is 3.67. The summed E-state index contributed by atoms with van der Waals surface area (Å²) in [6.45, 7) is 3.16. The average Bonchev–Trinajstić information content (AvgIpc) is 2.36. The summed E-state index contributed by atoms with van der Waals surface area (Å²) in [5, 5.41) is 0.377. The molecule has 2 rings (SSSR count). The molecule has 0 N–H and O–H groups in total. The first-order chi connectivity index (χ1) is 8.90. The predicted octanol–water partition coefficient (Wildman–Crippen LogP) is 4.47. The van der Waals surface area contributed by atoms with Crippen molar-refractivity contribution in [2.75, 3.05) is 0 Å². The third-order valence-electron chi connectivity index (χ3n) is 2.94. The molecular weight excluding hydrogens is 270 g/mol. The second kappa shape index (κ2) is 5.10. The number of carbonyl (C=O) groups excluding carboxylic acids is 1. The minimum absolute atomic E-state index is 0.164. The van der Waals surface area contributed by atoms with Gasteiger partial charge in [-0.3, -0.25) is 4.79 Å². The van der Waals surface area contributed by atoms with Crippen LogP contribution >= 0.6 is 11.6 Å². The molecule has 0 saturated carbocycles. The van der Waals surface area contributed by atoms with Gasteiger partial charge in [-0.25, -0.2) is 8.78 Å².